The van der Waals surface area contributed by atoms with Gasteiger partial charge in [0.1, 0.15) is 0 Å². The number of nitrogens with one attached hydrogen (secondary N) is 2. The van der Waals surface area contributed by atoms with Gasteiger partial charge in [0, 0.05) is 11.3 Å². The molecule has 2 N–H and O–H groups in total. The summed E-state index contributed by atoms with van der Waals surface area (Å²) in [4.78, 5) is 0. The van der Waals surface area contributed by atoms with Crippen LogP contribution in [0.15, 0.2) is 33.7 Å². The van der Waals surface area contributed by atoms with Gasteiger partial charge in [-0.2, -0.15) is 5.11 Å². The van der Waals surface area contributed by atoms with Gasteiger partial charge in [0.05, 0.1) is 0 Å². The van der Waals surface area contributed by atoms with Crippen LogP contribution in [-0.4, -0.2) is 12.0 Å². The number of hydrogen-bond acceptors (Lipinski definition) is 3. The van der Waals surface area contributed by atoms with Crippen molar-refractivity contribution >= 4 is 5.84 Å². The summed E-state index contributed by atoms with van der Waals surface area (Å²) in [5.74, 6) is 0.270. The van der Waals surface area contributed by atoms with E-state index in [4.69, 9.17) is 5.41 Å². The Morgan fingerprint density at radius 2 is 2.36 bits per heavy atom. The third-order valence-electron chi connectivity index (χ3n) is 1.72. The molecule has 4 heteroatoms. The van der Waals surface area contributed by atoms with Crippen molar-refractivity contribution in [3.63, 3.8) is 0 Å². The molecule has 0 aliphatic carbocycles. The van der Waals surface area contributed by atoms with Crippen LogP contribution in [-0.2, 0) is 0 Å². The van der Waals surface area contributed by atoms with Gasteiger partial charge in [0.25, 0.3) is 0 Å². The fourth-order valence-corrected chi connectivity index (χ4v) is 1.12. The van der Waals surface area contributed by atoms with E-state index in [0.29, 0.717) is 0 Å². The van der Waals surface area contributed by atoms with Gasteiger partial charge in [-0.3, -0.25) is 5.41 Å². The molecule has 0 aromatic heterocycles. The summed E-state index contributed by atoms with van der Waals surface area (Å²) >= 11 is 0. The normalized spacial score (nSPS) is 27.4. The first-order valence-corrected chi connectivity index (χ1v) is 3.42. The minimum absolute atomic E-state index is 0.104. The molecule has 0 aromatic rings. The fourth-order valence-electron chi connectivity index (χ4n) is 1.12. The number of amidine groups is 1. The Balaban J connectivity index is 2.38. The van der Waals surface area contributed by atoms with E-state index in [1.165, 1.54) is 0 Å². The van der Waals surface area contributed by atoms with Crippen LogP contribution in [0.25, 0.3) is 0 Å². The zero-order chi connectivity index (χ0) is 7.84. The molecule has 0 radical (unpaired) electrons. The van der Waals surface area contributed by atoms with Gasteiger partial charge < -0.3 is 5.32 Å². The highest BCUT2D eigenvalue weighted by Crippen LogP contribution is 2.19. The number of allylic oxidation sites excluding steroid dienone is 3. The number of hydrogen-bond donors (Lipinski definition) is 2. The van der Waals surface area contributed by atoms with E-state index in [1.807, 2.05) is 19.1 Å². The van der Waals surface area contributed by atoms with Crippen molar-refractivity contribution in [2.75, 3.05) is 0 Å². The predicted molar refractivity (Wildman–Crippen MR) is 41.3 cm³/mol. The first-order valence-electron chi connectivity index (χ1n) is 3.42. The second kappa shape index (κ2) is 2.02. The van der Waals surface area contributed by atoms with Crippen LogP contribution >= 0.6 is 0 Å². The Labute approximate surface area is 64.2 Å². The van der Waals surface area contributed by atoms with Gasteiger partial charge in [-0.15, -0.1) is 5.11 Å². The molecule has 2 aliphatic heterocycles. The Bertz CT molecular complexity index is 298. The molecule has 0 fully saturated rings. The largest absolute Gasteiger partial charge is 0.362 e. The molecule has 0 unspecified atom stereocenters. The summed E-state index contributed by atoms with van der Waals surface area (Å²) in [5.41, 5.74) is 1.92. The number of fused-ring (bicyclic) bond motifs is 1. The third kappa shape index (κ3) is 0.869. The zero-order valence-electron chi connectivity index (χ0n) is 6.13. The highest BCUT2D eigenvalue weighted by molar-refractivity contribution is 5.99. The van der Waals surface area contributed by atoms with E-state index < -0.39 is 0 Å². The van der Waals surface area contributed by atoms with Gasteiger partial charge >= 0.3 is 0 Å². The van der Waals surface area contributed by atoms with Crippen LogP contribution < -0.4 is 5.32 Å². The highest BCUT2D eigenvalue weighted by Gasteiger charge is 2.24. The van der Waals surface area contributed by atoms with Crippen LogP contribution in [0.1, 0.15) is 6.92 Å². The molecule has 0 saturated heterocycles. The van der Waals surface area contributed by atoms with Gasteiger partial charge in [-0.25, -0.2) is 0 Å². The minimum atomic E-state index is -0.104. The molecule has 56 valence electrons. The lowest BCUT2D eigenvalue weighted by molar-refractivity contribution is 0.671. The Kier molecular flexibility index (Phi) is 1.15. The summed E-state index contributed by atoms with van der Waals surface area (Å²) < 4.78 is 0. The van der Waals surface area contributed by atoms with Gasteiger partial charge in [0.2, 0.25) is 0 Å². The average molecular weight is 148 g/mol. The smallest absolute Gasteiger partial charge is 0.174 e. The van der Waals surface area contributed by atoms with Crippen LogP contribution in [0.4, 0.5) is 0 Å². The molecule has 0 saturated carbocycles. The predicted octanol–water partition coefficient (Wildman–Crippen LogP) is 1.19. The standard InChI is InChI=1S/C7H8N4/c1-4-2-3-5-6(8)10-11-7(5)9-4/h2-3,7-9H,1H3/t7-/m0/s1. The molecule has 0 spiro atoms. The van der Waals surface area contributed by atoms with Crippen LogP contribution in [0.3, 0.4) is 0 Å². The maximum Gasteiger partial charge on any atom is 0.174 e. The second-order valence-corrected chi connectivity index (χ2v) is 2.58. The monoisotopic (exact) mass is 148 g/mol. The summed E-state index contributed by atoms with van der Waals surface area (Å²) in [6.07, 6.45) is 3.71. The van der Waals surface area contributed by atoms with E-state index in [9.17, 15) is 0 Å². The Morgan fingerprint density at radius 1 is 1.55 bits per heavy atom. The molecule has 1 atom stereocenters. The molecule has 0 bridgehead atoms. The quantitative estimate of drug-likeness (QED) is 0.532. The van der Waals surface area contributed by atoms with E-state index in [0.717, 1.165) is 11.3 Å². The second-order valence-electron chi connectivity index (χ2n) is 2.58. The van der Waals surface area contributed by atoms with Crippen molar-refractivity contribution in [3.05, 3.63) is 23.4 Å². The summed E-state index contributed by atoms with van der Waals surface area (Å²) in [5, 5.41) is 18.0. The van der Waals surface area contributed by atoms with Crippen LogP contribution in [0, 0.1) is 5.41 Å². The van der Waals surface area contributed by atoms with Crippen molar-refractivity contribution in [2.24, 2.45) is 10.2 Å². The topological polar surface area (TPSA) is 60.6 Å². The number of dihydropyridines is 1. The van der Waals surface area contributed by atoms with Crippen molar-refractivity contribution in [2.45, 2.75) is 13.1 Å². The van der Waals surface area contributed by atoms with E-state index >= 15 is 0 Å². The first kappa shape index (κ1) is 6.27. The molecule has 2 heterocycles. The van der Waals surface area contributed by atoms with E-state index in [1.54, 1.807) is 0 Å². The fraction of sp³-hybridized carbons (Fsp3) is 0.286. The van der Waals surface area contributed by atoms with Crippen molar-refractivity contribution in [3.8, 4) is 0 Å². The average Bonchev–Trinajstić information content (AvgIpc) is 2.32. The maximum atomic E-state index is 7.34. The SMILES string of the molecule is CC1=CC=C2C(=N)N=N[C@@H]2N1. The molecule has 2 aliphatic rings. The summed E-state index contributed by atoms with van der Waals surface area (Å²) in [7, 11) is 0. The van der Waals surface area contributed by atoms with Gasteiger partial charge in [-0.05, 0) is 19.1 Å². The Hall–Kier alpha value is -1.45. The lowest BCUT2D eigenvalue weighted by atomic mass is 10.1. The molecule has 11 heavy (non-hydrogen) atoms. The zero-order valence-corrected chi connectivity index (χ0v) is 6.13. The third-order valence-corrected chi connectivity index (χ3v) is 1.72. The van der Waals surface area contributed by atoms with Crippen LogP contribution in [0.5, 0.6) is 0 Å². The molecular formula is C7H8N4. The molecule has 2 rings (SSSR count). The summed E-state index contributed by atoms with van der Waals surface area (Å²) in [6, 6.07) is 0. The van der Waals surface area contributed by atoms with Crippen molar-refractivity contribution in [1.82, 2.24) is 5.32 Å². The molecule has 0 amide bonds. The molecule has 0 aromatic carbocycles. The van der Waals surface area contributed by atoms with E-state index in [2.05, 4.69) is 15.5 Å². The number of nitrogens with zero attached hydrogens (tertiary/aromatic N) is 2. The van der Waals surface area contributed by atoms with Crippen molar-refractivity contribution < 1.29 is 0 Å². The molecule has 4 nitrogen and oxygen atoms in total. The van der Waals surface area contributed by atoms with Gasteiger partial charge in [-0.1, -0.05) is 0 Å². The lowest BCUT2D eigenvalue weighted by Gasteiger charge is -2.15. The number of azo groups is 1. The maximum absolute atomic E-state index is 7.34. The van der Waals surface area contributed by atoms with Gasteiger partial charge in [0.15, 0.2) is 12.0 Å². The molecular weight excluding hydrogens is 140 g/mol. The number of rotatable bonds is 0. The summed E-state index contributed by atoms with van der Waals surface area (Å²) in [6.45, 7) is 1.96. The minimum Gasteiger partial charge on any atom is -0.362 e. The van der Waals surface area contributed by atoms with Crippen LogP contribution in [0.2, 0.25) is 0 Å². The lowest BCUT2D eigenvalue weighted by Crippen LogP contribution is -2.28. The highest BCUT2D eigenvalue weighted by atomic mass is 15.3. The first-order chi connectivity index (χ1) is 5.27. The van der Waals surface area contributed by atoms with E-state index in [-0.39, 0.29) is 12.0 Å². The Morgan fingerprint density at radius 3 is 3.18 bits per heavy atom. The van der Waals surface area contributed by atoms with Crippen molar-refractivity contribution in [1.29, 1.82) is 5.41 Å².